The van der Waals surface area contributed by atoms with Gasteiger partial charge in [0.2, 0.25) is 0 Å². The average molecular weight is 461 g/mol. The van der Waals surface area contributed by atoms with Crippen LogP contribution in [0.5, 0.6) is 0 Å². The number of esters is 1. The van der Waals surface area contributed by atoms with E-state index >= 15 is 0 Å². The third-order valence-electron chi connectivity index (χ3n) is 4.32. The molecule has 0 bridgehead atoms. The molecule has 0 aromatic carbocycles. The normalized spacial score (nSPS) is 11.6. The van der Waals surface area contributed by atoms with Crippen LogP contribution < -0.4 is 5.32 Å². The molecule has 139 valence electrons. The smallest absolute Gasteiger partial charge is 0.351 e. The molecule has 0 aliphatic carbocycles. The quantitative estimate of drug-likeness (QED) is 0.458. The first-order chi connectivity index (χ1) is 11.1. The Morgan fingerprint density at radius 2 is 1.68 bits per heavy atom. The maximum absolute atomic E-state index is 12.6. The molecule has 1 aromatic heterocycles. The number of thiophene rings is 1. The fourth-order valence-electron chi connectivity index (χ4n) is 2.56. The Morgan fingerprint density at radius 1 is 1.16 bits per heavy atom. The van der Waals surface area contributed by atoms with Gasteiger partial charge in [-0.1, -0.05) is 0 Å². The zero-order valence-electron chi connectivity index (χ0n) is 16.6. The van der Waals surface area contributed by atoms with Crippen LogP contribution in [-0.4, -0.2) is 42.1 Å². The van der Waals surface area contributed by atoms with Gasteiger partial charge >= 0.3 is 5.97 Å². The second-order valence-electron chi connectivity index (χ2n) is 7.12. The van der Waals surface area contributed by atoms with E-state index in [1.54, 1.807) is 0 Å². The standard InChI is InChI=1S/C18H30NO3PS.Y/c1-8-23(9-2,10-3)11-14(20)19-15-13(4)12-24-16(15)17(21)22-18(5,6)7;/h12H,8-11H2,1-7H3;/p+1. The van der Waals surface area contributed by atoms with Crippen molar-refractivity contribution in [3.63, 3.8) is 0 Å². The first kappa shape index (κ1) is 25.2. The number of carbonyl (C=O) groups excluding carboxylic acids is 2. The number of carbonyl (C=O) groups is 2. The van der Waals surface area contributed by atoms with Crippen molar-refractivity contribution in [3.8, 4) is 0 Å². The van der Waals surface area contributed by atoms with Gasteiger partial charge in [-0.15, -0.1) is 11.3 Å². The zero-order chi connectivity index (χ0) is 18.5. The third-order valence-corrected chi connectivity index (χ3v) is 10.4. The maximum Gasteiger partial charge on any atom is 0.351 e. The van der Waals surface area contributed by atoms with Crippen LogP contribution in [0.3, 0.4) is 0 Å². The summed E-state index contributed by atoms with van der Waals surface area (Å²) >= 11 is 1.32. The topological polar surface area (TPSA) is 55.4 Å². The molecule has 4 nitrogen and oxygen atoms in total. The molecule has 0 atom stereocenters. The number of anilines is 1. The van der Waals surface area contributed by atoms with Crippen molar-refractivity contribution in [2.75, 3.05) is 30.0 Å². The summed E-state index contributed by atoms with van der Waals surface area (Å²) in [4.78, 5) is 25.4. The number of ether oxygens (including phenoxy) is 1. The van der Waals surface area contributed by atoms with Gasteiger partial charge in [0.05, 0.1) is 24.2 Å². The van der Waals surface area contributed by atoms with E-state index in [4.69, 9.17) is 4.74 Å². The minimum Gasteiger partial charge on any atom is -0.456 e. The van der Waals surface area contributed by atoms with Gasteiger partial charge in [0.1, 0.15) is 16.6 Å². The molecule has 1 radical (unpaired) electrons. The molecule has 7 heteroatoms. The van der Waals surface area contributed by atoms with Gasteiger partial charge in [0.15, 0.2) is 0 Å². The molecular formula is C18H31NO3PSY+. The largest absolute Gasteiger partial charge is 0.456 e. The predicted molar refractivity (Wildman–Crippen MR) is 106 cm³/mol. The Labute approximate surface area is 182 Å². The van der Waals surface area contributed by atoms with Gasteiger partial charge in [-0.05, 0) is 59.4 Å². The summed E-state index contributed by atoms with van der Waals surface area (Å²) in [5, 5.41) is 4.87. The van der Waals surface area contributed by atoms with Crippen LogP contribution in [0.1, 0.15) is 56.8 Å². The summed E-state index contributed by atoms with van der Waals surface area (Å²) < 4.78 is 5.45. The molecule has 1 aromatic rings. The Morgan fingerprint density at radius 3 is 2.12 bits per heavy atom. The predicted octanol–water partition coefficient (Wildman–Crippen LogP) is 5.03. The van der Waals surface area contributed by atoms with Gasteiger partial charge in [0, 0.05) is 40.0 Å². The van der Waals surface area contributed by atoms with E-state index in [0.717, 1.165) is 24.0 Å². The molecule has 1 heterocycles. The molecule has 0 saturated heterocycles. The molecule has 0 saturated carbocycles. The molecular weight excluding hydrogens is 430 g/mol. The second kappa shape index (κ2) is 10.5. The van der Waals surface area contributed by atoms with E-state index in [9.17, 15) is 9.59 Å². The number of amides is 1. The Balaban J connectivity index is 0.00000576. The number of aryl methyl sites for hydroxylation is 1. The summed E-state index contributed by atoms with van der Waals surface area (Å²) in [6.45, 7) is 14.0. The molecule has 0 aliphatic heterocycles. The van der Waals surface area contributed by atoms with Crippen molar-refractivity contribution in [2.45, 2.75) is 54.1 Å². The molecule has 0 unspecified atom stereocenters. The maximum atomic E-state index is 12.6. The summed E-state index contributed by atoms with van der Waals surface area (Å²) in [5.41, 5.74) is 0.965. The Hall–Kier alpha value is 0.174. The summed E-state index contributed by atoms with van der Waals surface area (Å²) in [6, 6.07) is 0. The van der Waals surface area contributed by atoms with Crippen molar-refractivity contribution in [1.29, 1.82) is 0 Å². The van der Waals surface area contributed by atoms with Crippen LogP contribution in [0.25, 0.3) is 0 Å². The molecule has 0 aliphatic rings. The van der Waals surface area contributed by atoms with Gasteiger partial charge in [0.25, 0.3) is 5.91 Å². The summed E-state index contributed by atoms with van der Waals surface area (Å²) in [5.74, 6) is -0.362. The Kier molecular flexibility index (Phi) is 10.6. The third kappa shape index (κ3) is 7.36. The van der Waals surface area contributed by atoms with E-state index in [-0.39, 0.29) is 44.6 Å². The SMILES string of the molecule is CC[P+](CC)(CC)CC(=O)Nc1c(C)csc1C(=O)OC(C)(C)C.[Y]. The summed E-state index contributed by atoms with van der Waals surface area (Å²) in [6.07, 6.45) is 3.82. The first-order valence-electron chi connectivity index (χ1n) is 8.53. The molecule has 1 N–H and O–H groups in total. The number of hydrogen-bond acceptors (Lipinski definition) is 4. The van der Waals surface area contributed by atoms with Gasteiger partial charge < -0.3 is 10.1 Å². The minimum atomic E-state index is -1.23. The molecule has 0 fully saturated rings. The van der Waals surface area contributed by atoms with Crippen molar-refractivity contribution in [1.82, 2.24) is 0 Å². The van der Waals surface area contributed by atoms with Crippen LogP contribution in [0.4, 0.5) is 5.69 Å². The van der Waals surface area contributed by atoms with Gasteiger partial charge in [-0.3, -0.25) is 4.79 Å². The average Bonchev–Trinajstić information content (AvgIpc) is 2.84. The van der Waals surface area contributed by atoms with E-state index in [1.807, 2.05) is 33.1 Å². The van der Waals surface area contributed by atoms with E-state index < -0.39 is 12.9 Å². The van der Waals surface area contributed by atoms with Crippen molar-refractivity contribution < 1.29 is 47.0 Å². The monoisotopic (exact) mass is 461 g/mol. The van der Waals surface area contributed by atoms with Crippen molar-refractivity contribution in [3.05, 3.63) is 15.8 Å². The van der Waals surface area contributed by atoms with Crippen LogP contribution in [0, 0.1) is 6.92 Å². The van der Waals surface area contributed by atoms with Crippen LogP contribution in [0.2, 0.25) is 0 Å². The fraction of sp³-hybridized carbons (Fsp3) is 0.667. The van der Waals surface area contributed by atoms with Crippen LogP contribution >= 0.6 is 18.6 Å². The van der Waals surface area contributed by atoms with E-state index in [0.29, 0.717) is 16.7 Å². The zero-order valence-corrected chi connectivity index (χ0v) is 21.1. The number of nitrogens with one attached hydrogen (secondary N) is 1. The van der Waals surface area contributed by atoms with E-state index in [1.165, 1.54) is 11.3 Å². The molecule has 1 amide bonds. The number of hydrogen-bond donors (Lipinski definition) is 1. The fourth-order valence-corrected chi connectivity index (χ4v) is 6.15. The van der Waals surface area contributed by atoms with Crippen molar-refractivity contribution >= 4 is 36.2 Å². The van der Waals surface area contributed by atoms with Crippen molar-refractivity contribution in [2.24, 2.45) is 0 Å². The molecule has 1 rings (SSSR count). The minimum absolute atomic E-state index is 0. The van der Waals surface area contributed by atoms with Crippen LogP contribution in [0.15, 0.2) is 5.38 Å². The molecule has 25 heavy (non-hydrogen) atoms. The molecule has 0 spiro atoms. The van der Waals surface area contributed by atoms with Gasteiger partial charge in [-0.2, -0.15) is 0 Å². The second-order valence-corrected chi connectivity index (χ2v) is 12.9. The van der Waals surface area contributed by atoms with Gasteiger partial charge in [-0.25, -0.2) is 4.79 Å². The number of rotatable bonds is 7. The summed E-state index contributed by atoms with van der Waals surface area (Å²) in [7, 11) is -1.23. The van der Waals surface area contributed by atoms with E-state index in [2.05, 4.69) is 26.1 Å². The first-order valence-corrected chi connectivity index (χ1v) is 11.9. The van der Waals surface area contributed by atoms with Crippen LogP contribution in [-0.2, 0) is 42.2 Å². The Bertz CT molecular complexity index is 583.